The first-order chi connectivity index (χ1) is 17.2. The smallest absolute Gasteiger partial charge is 0.322 e. The molecule has 2 aromatic rings. The molecule has 0 fully saturated rings. The van der Waals surface area contributed by atoms with E-state index in [2.05, 4.69) is 20.9 Å². The number of hydrogen-bond donors (Lipinski definition) is 7. The normalized spacial score (nSPS) is 14.4. The van der Waals surface area contributed by atoms with Crippen molar-refractivity contribution in [2.24, 2.45) is 17.4 Å². The summed E-state index contributed by atoms with van der Waals surface area (Å²) < 4.78 is 0. The number of nitrogens with two attached hydrogens (primary N) is 2. The topological polar surface area (TPSA) is 192 Å². The van der Waals surface area contributed by atoms with Crippen LogP contribution in [0.4, 0.5) is 0 Å². The van der Waals surface area contributed by atoms with Gasteiger partial charge in [-0.25, -0.2) is 0 Å². The van der Waals surface area contributed by atoms with Gasteiger partial charge in [-0.05, 0) is 36.9 Å². The van der Waals surface area contributed by atoms with Crippen LogP contribution in [0.25, 0.3) is 10.9 Å². The van der Waals surface area contributed by atoms with Gasteiger partial charge in [0.25, 0.3) is 0 Å². The van der Waals surface area contributed by atoms with E-state index in [1.165, 1.54) is 0 Å². The number of amides is 3. The number of aromatic nitrogens is 1. The summed E-state index contributed by atoms with van der Waals surface area (Å²) in [5.41, 5.74) is 13.3. The minimum Gasteiger partial charge on any atom is -0.480 e. The fraction of sp³-hybridized carbons (Fsp3) is 0.520. The summed E-state index contributed by atoms with van der Waals surface area (Å²) >= 11 is 0. The Balaban J connectivity index is 2.25. The molecule has 4 atom stereocenters. The number of rotatable bonds is 15. The second-order valence-electron chi connectivity index (χ2n) is 9.00. The predicted molar refractivity (Wildman–Crippen MR) is 137 cm³/mol. The maximum atomic E-state index is 13.4. The molecule has 0 radical (unpaired) electrons. The van der Waals surface area contributed by atoms with Crippen LogP contribution in [0.15, 0.2) is 30.5 Å². The number of unbranched alkanes of at least 4 members (excludes halogenated alkanes) is 1. The number of carboxylic acids is 1. The molecule has 0 aliphatic carbocycles. The zero-order chi connectivity index (χ0) is 26.7. The number of carbonyl (C=O) groups is 4. The third kappa shape index (κ3) is 8.35. The minimum atomic E-state index is -1.19. The Hall–Kier alpha value is -3.44. The molecule has 4 unspecified atom stereocenters. The van der Waals surface area contributed by atoms with Crippen LogP contribution in [-0.4, -0.2) is 65.0 Å². The largest absolute Gasteiger partial charge is 0.480 e. The van der Waals surface area contributed by atoms with Crippen LogP contribution in [0.5, 0.6) is 0 Å². The van der Waals surface area contributed by atoms with Crippen molar-refractivity contribution in [2.45, 2.75) is 64.1 Å². The van der Waals surface area contributed by atoms with E-state index in [0.29, 0.717) is 25.8 Å². The van der Waals surface area contributed by atoms with Crippen LogP contribution < -0.4 is 27.4 Å². The number of fused-ring (bicyclic) bond motifs is 1. The molecule has 1 aromatic carbocycles. The third-order valence-corrected chi connectivity index (χ3v) is 6.25. The lowest BCUT2D eigenvalue weighted by atomic mass is 9.97. The Morgan fingerprint density at radius 1 is 1.06 bits per heavy atom. The van der Waals surface area contributed by atoms with Gasteiger partial charge in [-0.1, -0.05) is 44.9 Å². The van der Waals surface area contributed by atoms with E-state index in [4.69, 9.17) is 16.6 Å². The van der Waals surface area contributed by atoms with Gasteiger partial charge in [0, 0.05) is 23.5 Å². The molecule has 0 saturated carbocycles. The molecule has 0 spiro atoms. The van der Waals surface area contributed by atoms with Crippen LogP contribution in [0.2, 0.25) is 0 Å². The molecule has 0 saturated heterocycles. The zero-order valence-electron chi connectivity index (χ0n) is 20.9. The monoisotopic (exact) mass is 502 g/mol. The van der Waals surface area contributed by atoms with Gasteiger partial charge in [0.1, 0.15) is 18.6 Å². The van der Waals surface area contributed by atoms with Gasteiger partial charge in [0.2, 0.25) is 17.7 Å². The number of para-hydroxylation sites is 1. The molecule has 11 nitrogen and oxygen atoms in total. The van der Waals surface area contributed by atoms with Gasteiger partial charge in [0.15, 0.2) is 0 Å². The molecule has 1 aromatic heterocycles. The van der Waals surface area contributed by atoms with E-state index >= 15 is 0 Å². The molecular weight excluding hydrogens is 464 g/mol. The minimum absolute atomic E-state index is 0.168. The van der Waals surface area contributed by atoms with Crippen LogP contribution >= 0.6 is 0 Å². The van der Waals surface area contributed by atoms with E-state index in [1.54, 1.807) is 13.1 Å². The van der Waals surface area contributed by atoms with Crippen LogP contribution in [0.1, 0.15) is 45.1 Å². The standard InChI is InChI=1S/C25H38N6O5/c1-3-15(2)22(25(36)29-14-21(32)33)31-24(35)20(30-23(34)18(27)9-6-7-11-26)12-16-13-28-19-10-5-4-8-17(16)19/h4-5,8,10,13,15,18,20,22,28H,3,6-7,9,11-12,14,26-27H2,1-2H3,(H,29,36)(H,30,34)(H,31,35)(H,32,33). The number of H-pyrrole nitrogens is 1. The van der Waals surface area contributed by atoms with Crippen molar-refractivity contribution in [3.8, 4) is 0 Å². The van der Waals surface area contributed by atoms with E-state index in [0.717, 1.165) is 22.9 Å². The molecule has 0 bridgehead atoms. The van der Waals surface area contributed by atoms with Gasteiger partial charge in [-0.3, -0.25) is 19.2 Å². The highest BCUT2D eigenvalue weighted by Gasteiger charge is 2.31. The second-order valence-corrected chi connectivity index (χ2v) is 9.00. The number of nitrogens with one attached hydrogen (secondary N) is 4. The van der Waals surface area contributed by atoms with Crippen molar-refractivity contribution < 1.29 is 24.3 Å². The van der Waals surface area contributed by atoms with E-state index in [1.807, 2.05) is 31.2 Å². The van der Waals surface area contributed by atoms with Crippen molar-refractivity contribution in [1.82, 2.24) is 20.9 Å². The summed E-state index contributed by atoms with van der Waals surface area (Å²) in [5.74, 6) is -3.09. The third-order valence-electron chi connectivity index (χ3n) is 6.25. The number of carbonyl (C=O) groups excluding carboxylic acids is 3. The van der Waals surface area contributed by atoms with Gasteiger partial charge in [-0.15, -0.1) is 0 Å². The summed E-state index contributed by atoms with van der Waals surface area (Å²) in [4.78, 5) is 52.9. The fourth-order valence-corrected chi connectivity index (χ4v) is 3.88. The lowest BCUT2D eigenvalue weighted by Crippen LogP contribution is -2.58. The maximum absolute atomic E-state index is 13.4. The molecule has 3 amide bonds. The van der Waals surface area contributed by atoms with Crippen LogP contribution in [-0.2, 0) is 25.6 Å². The maximum Gasteiger partial charge on any atom is 0.322 e. The average Bonchev–Trinajstić information content (AvgIpc) is 3.27. The summed E-state index contributed by atoms with van der Waals surface area (Å²) in [5, 5.41) is 17.6. The van der Waals surface area contributed by atoms with Crippen molar-refractivity contribution in [1.29, 1.82) is 0 Å². The van der Waals surface area contributed by atoms with Crippen molar-refractivity contribution in [2.75, 3.05) is 13.1 Å². The van der Waals surface area contributed by atoms with E-state index in [9.17, 15) is 19.2 Å². The fourth-order valence-electron chi connectivity index (χ4n) is 3.88. The number of carboxylic acid groups (broad SMARTS) is 1. The SMILES string of the molecule is CCC(C)C(NC(=O)C(Cc1c[nH]c2ccccc12)NC(=O)C(N)CCCCN)C(=O)NCC(=O)O. The zero-order valence-corrected chi connectivity index (χ0v) is 20.9. The molecule has 198 valence electrons. The summed E-state index contributed by atoms with van der Waals surface area (Å²) in [6.45, 7) is 3.58. The molecule has 1 heterocycles. The molecule has 11 heteroatoms. The Morgan fingerprint density at radius 2 is 1.78 bits per heavy atom. The second kappa shape index (κ2) is 14.2. The van der Waals surface area contributed by atoms with Gasteiger partial charge in [0.05, 0.1) is 6.04 Å². The highest BCUT2D eigenvalue weighted by atomic mass is 16.4. The Kier molecular flexibility index (Phi) is 11.4. The summed E-state index contributed by atoms with van der Waals surface area (Å²) in [7, 11) is 0. The first-order valence-corrected chi connectivity index (χ1v) is 12.3. The number of hydrogen-bond acceptors (Lipinski definition) is 6. The molecule has 2 rings (SSSR count). The van der Waals surface area contributed by atoms with Crippen LogP contribution in [0, 0.1) is 5.92 Å². The Labute approximate surface area is 210 Å². The quantitative estimate of drug-likeness (QED) is 0.171. The Bertz CT molecular complexity index is 1040. The molecule has 36 heavy (non-hydrogen) atoms. The number of benzene rings is 1. The van der Waals surface area contributed by atoms with E-state index < -0.39 is 48.4 Å². The average molecular weight is 503 g/mol. The van der Waals surface area contributed by atoms with Crippen molar-refractivity contribution >= 4 is 34.6 Å². The molecule has 0 aliphatic heterocycles. The first kappa shape index (κ1) is 28.8. The molecule has 9 N–H and O–H groups in total. The van der Waals surface area contributed by atoms with Crippen molar-refractivity contribution in [3.05, 3.63) is 36.0 Å². The highest BCUT2D eigenvalue weighted by Crippen LogP contribution is 2.19. The van der Waals surface area contributed by atoms with Gasteiger partial charge in [-0.2, -0.15) is 0 Å². The first-order valence-electron chi connectivity index (χ1n) is 12.3. The van der Waals surface area contributed by atoms with Crippen molar-refractivity contribution in [3.63, 3.8) is 0 Å². The Morgan fingerprint density at radius 3 is 2.44 bits per heavy atom. The number of aliphatic carboxylic acids is 1. The lowest BCUT2D eigenvalue weighted by molar-refractivity contribution is -0.139. The highest BCUT2D eigenvalue weighted by molar-refractivity contribution is 5.94. The summed E-state index contributed by atoms with van der Waals surface area (Å²) in [6.07, 6.45) is 4.37. The van der Waals surface area contributed by atoms with Gasteiger partial charge < -0.3 is 37.5 Å². The van der Waals surface area contributed by atoms with E-state index in [-0.39, 0.29) is 12.3 Å². The molecular formula is C25H38N6O5. The summed E-state index contributed by atoms with van der Waals surface area (Å²) in [6, 6.07) is 4.81. The lowest BCUT2D eigenvalue weighted by Gasteiger charge is -2.27. The van der Waals surface area contributed by atoms with Gasteiger partial charge >= 0.3 is 5.97 Å². The molecule has 0 aliphatic rings. The van der Waals surface area contributed by atoms with Crippen LogP contribution in [0.3, 0.4) is 0 Å². The number of aromatic amines is 1. The predicted octanol–water partition coefficient (Wildman–Crippen LogP) is 0.383.